The van der Waals surface area contributed by atoms with E-state index in [4.69, 9.17) is 9.26 Å². The number of amides is 1. The van der Waals surface area contributed by atoms with Crippen molar-refractivity contribution in [3.63, 3.8) is 0 Å². The van der Waals surface area contributed by atoms with Gasteiger partial charge in [-0.25, -0.2) is 0 Å². The van der Waals surface area contributed by atoms with E-state index in [1.165, 1.54) is 0 Å². The van der Waals surface area contributed by atoms with Crippen LogP contribution in [0, 0.1) is 6.92 Å². The molecule has 0 saturated carbocycles. The van der Waals surface area contributed by atoms with Gasteiger partial charge in [0.1, 0.15) is 11.8 Å². The first-order valence-corrected chi connectivity index (χ1v) is 9.97. The van der Waals surface area contributed by atoms with Crippen LogP contribution in [0.2, 0.25) is 0 Å². The van der Waals surface area contributed by atoms with E-state index in [0.717, 1.165) is 41.8 Å². The van der Waals surface area contributed by atoms with Crippen molar-refractivity contribution in [1.29, 1.82) is 0 Å². The minimum Gasteiger partial charge on any atom is -0.497 e. The molecule has 1 atom stereocenters. The standard InChI is InChI=1S/C23H25N3O3/c1-16-5-3-6-18(15-16)22-24-23(29-25-22)20-7-4-14-26(20)21(27)13-10-17-8-11-19(28-2)12-9-17/h3,5-6,8-9,11-12,15,20H,4,7,10,13-14H2,1-2H3/t20-/m0/s1. The summed E-state index contributed by atoms with van der Waals surface area (Å²) in [4.78, 5) is 19.3. The molecule has 2 aromatic carbocycles. The molecule has 0 bridgehead atoms. The number of carbonyl (C=O) groups is 1. The van der Waals surface area contributed by atoms with Gasteiger partial charge in [-0.2, -0.15) is 4.98 Å². The fourth-order valence-corrected chi connectivity index (χ4v) is 3.78. The molecular weight excluding hydrogens is 366 g/mol. The zero-order valence-electron chi connectivity index (χ0n) is 16.8. The molecule has 1 aromatic heterocycles. The number of methoxy groups -OCH3 is 1. The minimum absolute atomic E-state index is 0.124. The summed E-state index contributed by atoms with van der Waals surface area (Å²) in [5.74, 6) is 2.04. The summed E-state index contributed by atoms with van der Waals surface area (Å²) in [6.07, 6.45) is 2.96. The van der Waals surface area contributed by atoms with E-state index in [2.05, 4.69) is 10.1 Å². The van der Waals surface area contributed by atoms with Crippen molar-refractivity contribution in [2.24, 2.45) is 0 Å². The van der Waals surface area contributed by atoms with Gasteiger partial charge >= 0.3 is 0 Å². The van der Waals surface area contributed by atoms with Crippen molar-refractivity contribution >= 4 is 5.91 Å². The third kappa shape index (κ3) is 4.31. The van der Waals surface area contributed by atoms with Crippen molar-refractivity contribution < 1.29 is 14.1 Å². The lowest BCUT2D eigenvalue weighted by molar-refractivity contribution is -0.132. The zero-order valence-corrected chi connectivity index (χ0v) is 16.8. The van der Waals surface area contributed by atoms with Crippen LogP contribution in [0.5, 0.6) is 5.75 Å². The van der Waals surface area contributed by atoms with E-state index in [1.807, 2.05) is 60.4 Å². The van der Waals surface area contributed by atoms with Gasteiger partial charge in [-0.1, -0.05) is 41.1 Å². The topological polar surface area (TPSA) is 68.5 Å². The number of carbonyl (C=O) groups excluding carboxylic acids is 1. The molecule has 6 nitrogen and oxygen atoms in total. The average Bonchev–Trinajstić information content (AvgIpc) is 3.42. The molecule has 2 heterocycles. The number of nitrogens with zero attached hydrogens (tertiary/aromatic N) is 3. The number of rotatable bonds is 6. The van der Waals surface area contributed by atoms with E-state index in [9.17, 15) is 4.79 Å². The second kappa shape index (κ2) is 8.47. The van der Waals surface area contributed by atoms with Crippen LogP contribution in [0.4, 0.5) is 0 Å². The molecule has 29 heavy (non-hydrogen) atoms. The van der Waals surface area contributed by atoms with Gasteiger partial charge in [0.25, 0.3) is 0 Å². The zero-order chi connectivity index (χ0) is 20.2. The van der Waals surface area contributed by atoms with Crippen LogP contribution < -0.4 is 4.74 Å². The third-order valence-corrected chi connectivity index (χ3v) is 5.36. The molecule has 4 rings (SSSR count). The van der Waals surface area contributed by atoms with Crippen LogP contribution in [-0.4, -0.2) is 34.6 Å². The Labute approximate surface area is 170 Å². The van der Waals surface area contributed by atoms with Crippen LogP contribution >= 0.6 is 0 Å². The summed E-state index contributed by atoms with van der Waals surface area (Å²) in [5, 5.41) is 4.14. The summed E-state index contributed by atoms with van der Waals surface area (Å²) in [7, 11) is 1.65. The summed E-state index contributed by atoms with van der Waals surface area (Å²) < 4.78 is 10.7. The Kier molecular flexibility index (Phi) is 5.60. The maximum Gasteiger partial charge on any atom is 0.249 e. The van der Waals surface area contributed by atoms with Crippen molar-refractivity contribution in [2.75, 3.05) is 13.7 Å². The highest BCUT2D eigenvalue weighted by Crippen LogP contribution is 2.32. The highest BCUT2D eigenvalue weighted by molar-refractivity contribution is 5.77. The number of ether oxygens (including phenoxy) is 1. The van der Waals surface area contributed by atoms with E-state index >= 15 is 0 Å². The Morgan fingerprint density at radius 1 is 1.24 bits per heavy atom. The van der Waals surface area contributed by atoms with Crippen molar-refractivity contribution in [1.82, 2.24) is 15.0 Å². The number of hydrogen-bond donors (Lipinski definition) is 0. The van der Waals surface area contributed by atoms with Gasteiger partial charge in [0, 0.05) is 18.5 Å². The highest BCUT2D eigenvalue weighted by Gasteiger charge is 2.33. The SMILES string of the molecule is COc1ccc(CCC(=O)N2CCC[C@H]2c2nc(-c3cccc(C)c3)no2)cc1. The number of aryl methyl sites for hydroxylation is 2. The Morgan fingerprint density at radius 3 is 2.83 bits per heavy atom. The van der Waals surface area contributed by atoms with Crippen LogP contribution in [0.15, 0.2) is 53.1 Å². The Morgan fingerprint density at radius 2 is 2.07 bits per heavy atom. The van der Waals surface area contributed by atoms with Crippen LogP contribution in [0.3, 0.4) is 0 Å². The molecule has 0 unspecified atom stereocenters. The smallest absolute Gasteiger partial charge is 0.249 e. The molecule has 1 aliphatic rings. The van der Waals surface area contributed by atoms with Gasteiger partial charge in [0.05, 0.1) is 7.11 Å². The summed E-state index contributed by atoms with van der Waals surface area (Å²) in [6.45, 7) is 2.76. The minimum atomic E-state index is -0.135. The Hall–Kier alpha value is -3.15. The maximum absolute atomic E-state index is 12.9. The number of likely N-dealkylation sites (tertiary alicyclic amines) is 1. The van der Waals surface area contributed by atoms with Gasteiger partial charge in [-0.3, -0.25) is 4.79 Å². The monoisotopic (exact) mass is 391 g/mol. The average molecular weight is 391 g/mol. The first-order chi connectivity index (χ1) is 14.1. The second-order valence-corrected chi connectivity index (χ2v) is 7.42. The molecule has 1 aliphatic heterocycles. The highest BCUT2D eigenvalue weighted by atomic mass is 16.5. The van der Waals surface area contributed by atoms with Gasteiger partial charge in [0.15, 0.2) is 0 Å². The lowest BCUT2D eigenvalue weighted by Gasteiger charge is -2.21. The van der Waals surface area contributed by atoms with Gasteiger partial charge in [-0.15, -0.1) is 0 Å². The maximum atomic E-state index is 12.9. The van der Waals surface area contributed by atoms with Gasteiger partial charge in [0.2, 0.25) is 17.6 Å². The first-order valence-electron chi connectivity index (χ1n) is 9.97. The molecule has 3 aromatic rings. The second-order valence-electron chi connectivity index (χ2n) is 7.42. The van der Waals surface area contributed by atoms with Crippen LogP contribution in [-0.2, 0) is 11.2 Å². The molecule has 0 spiro atoms. The molecule has 0 aliphatic carbocycles. The van der Waals surface area contributed by atoms with Gasteiger partial charge < -0.3 is 14.2 Å². The molecule has 1 fully saturated rings. The summed E-state index contributed by atoms with van der Waals surface area (Å²) in [6, 6.07) is 15.7. The van der Waals surface area contributed by atoms with E-state index in [1.54, 1.807) is 7.11 Å². The number of benzene rings is 2. The summed E-state index contributed by atoms with van der Waals surface area (Å²) in [5.41, 5.74) is 3.19. The molecule has 6 heteroatoms. The first kappa shape index (κ1) is 19.2. The number of aromatic nitrogens is 2. The van der Waals surface area contributed by atoms with Crippen molar-refractivity contribution in [2.45, 2.75) is 38.6 Å². The van der Waals surface area contributed by atoms with Gasteiger partial charge in [-0.05, 0) is 49.9 Å². The lowest BCUT2D eigenvalue weighted by Crippen LogP contribution is -2.30. The largest absolute Gasteiger partial charge is 0.497 e. The molecule has 0 N–H and O–H groups in total. The predicted molar refractivity (Wildman–Crippen MR) is 109 cm³/mol. The number of hydrogen-bond acceptors (Lipinski definition) is 5. The lowest BCUT2D eigenvalue weighted by atomic mass is 10.1. The molecular formula is C23H25N3O3. The van der Waals surface area contributed by atoms with Crippen molar-refractivity contribution in [3.8, 4) is 17.1 Å². The normalized spacial score (nSPS) is 16.2. The quantitative estimate of drug-likeness (QED) is 0.625. The Balaban J connectivity index is 1.42. The summed E-state index contributed by atoms with van der Waals surface area (Å²) >= 11 is 0. The van der Waals surface area contributed by atoms with E-state index in [-0.39, 0.29) is 11.9 Å². The molecule has 1 saturated heterocycles. The predicted octanol–water partition coefficient (Wildman–Crippen LogP) is 4.35. The fourth-order valence-electron chi connectivity index (χ4n) is 3.78. The van der Waals surface area contributed by atoms with Crippen molar-refractivity contribution in [3.05, 3.63) is 65.5 Å². The van der Waals surface area contributed by atoms with Crippen LogP contribution in [0.1, 0.15) is 42.3 Å². The molecule has 150 valence electrons. The van der Waals surface area contributed by atoms with E-state index in [0.29, 0.717) is 24.6 Å². The Bertz CT molecular complexity index is 981. The molecule has 0 radical (unpaired) electrons. The third-order valence-electron chi connectivity index (χ3n) is 5.36. The molecule has 1 amide bonds. The van der Waals surface area contributed by atoms with Crippen LogP contribution in [0.25, 0.3) is 11.4 Å². The van der Waals surface area contributed by atoms with E-state index < -0.39 is 0 Å². The fraction of sp³-hybridized carbons (Fsp3) is 0.348.